The topological polar surface area (TPSA) is 0 Å². The van der Waals surface area contributed by atoms with E-state index in [0.717, 1.165) is 0 Å². The van der Waals surface area contributed by atoms with Gasteiger partial charge in [-0.15, -0.1) is 0 Å². The van der Waals surface area contributed by atoms with Crippen molar-refractivity contribution in [1.82, 2.24) is 0 Å². The summed E-state index contributed by atoms with van der Waals surface area (Å²) >= 11 is 0. The SMILES string of the molecule is [CH2-]C.[CH2-]C.[Hf]. The van der Waals surface area contributed by atoms with Crippen molar-refractivity contribution < 1.29 is 25.8 Å². The zero-order chi connectivity index (χ0) is 4.00. The number of hydrogen-bond acceptors (Lipinski definition) is 0. The van der Waals surface area contributed by atoms with Crippen LogP contribution in [0.4, 0.5) is 0 Å². The molecule has 5 heavy (non-hydrogen) atoms. The normalized spacial score (nSPS) is 2.40. The third-order valence-electron chi connectivity index (χ3n) is 0. The van der Waals surface area contributed by atoms with Crippen LogP contribution in [0, 0.1) is 13.8 Å². The van der Waals surface area contributed by atoms with Crippen molar-refractivity contribution in [3.05, 3.63) is 13.8 Å². The summed E-state index contributed by atoms with van der Waals surface area (Å²) in [6.45, 7) is 10.0. The molecule has 0 N–H and O–H groups in total. The van der Waals surface area contributed by atoms with Crippen LogP contribution in [-0.4, -0.2) is 0 Å². The van der Waals surface area contributed by atoms with Crippen molar-refractivity contribution >= 4 is 0 Å². The summed E-state index contributed by atoms with van der Waals surface area (Å²) < 4.78 is 0. The van der Waals surface area contributed by atoms with Crippen LogP contribution in [0.15, 0.2) is 0 Å². The summed E-state index contributed by atoms with van der Waals surface area (Å²) in [6, 6.07) is 0. The third kappa shape index (κ3) is 53.0. The Kier molecular flexibility index (Phi) is 326. The van der Waals surface area contributed by atoms with Crippen molar-refractivity contribution in [2.45, 2.75) is 13.8 Å². The molecule has 0 spiro atoms. The number of rotatable bonds is 0. The minimum absolute atomic E-state index is 0. The Morgan fingerprint density at radius 3 is 0.800 bits per heavy atom. The van der Waals surface area contributed by atoms with Gasteiger partial charge in [-0.2, -0.15) is 13.8 Å². The second kappa shape index (κ2) is 96.3. The minimum Gasteiger partial charge on any atom is -0.346 e. The summed E-state index contributed by atoms with van der Waals surface area (Å²) in [5, 5.41) is 0. The molecule has 0 heterocycles. The second-order valence-electron chi connectivity index (χ2n) is 0. The minimum atomic E-state index is 0. The smallest absolute Gasteiger partial charge is 0 e. The average molecular weight is 237 g/mol. The predicted molar refractivity (Wildman–Crippen MR) is 22.1 cm³/mol. The van der Waals surface area contributed by atoms with Crippen LogP contribution in [0.25, 0.3) is 0 Å². The van der Waals surface area contributed by atoms with Gasteiger partial charge in [0.25, 0.3) is 0 Å². The molecule has 1 heteroatoms. The van der Waals surface area contributed by atoms with Gasteiger partial charge in [-0.25, -0.2) is 0 Å². The first kappa shape index (κ1) is 16.9. The average Bonchev–Trinajstić information content (AvgIpc) is 1.50. The molecule has 0 bridgehead atoms. The van der Waals surface area contributed by atoms with Gasteiger partial charge in [0.15, 0.2) is 0 Å². The van der Waals surface area contributed by atoms with Gasteiger partial charge in [0.05, 0.1) is 0 Å². The Morgan fingerprint density at radius 1 is 0.800 bits per heavy atom. The van der Waals surface area contributed by atoms with Gasteiger partial charge in [0.1, 0.15) is 0 Å². The molecule has 0 aromatic carbocycles. The van der Waals surface area contributed by atoms with Crippen molar-refractivity contribution in [1.29, 1.82) is 0 Å². The Hall–Kier alpha value is 0.870. The molecule has 0 aliphatic rings. The maximum Gasteiger partial charge on any atom is 0 e. The summed E-state index contributed by atoms with van der Waals surface area (Å²) in [5.41, 5.74) is 0. The van der Waals surface area contributed by atoms with Crippen molar-refractivity contribution in [3.8, 4) is 0 Å². The Morgan fingerprint density at radius 2 is 0.800 bits per heavy atom. The molecule has 0 unspecified atom stereocenters. The Labute approximate surface area is 53.7 Å². The summed E-state index contributed by atoms with van der Waals surface area (Å²) in [4.78, 5) is 0. The first-order chi connectivity index (χ1) is 2.00. The zero-order valence-corrected chi connectivity index (χ0v) is 7.51. The fraction of sp³-hybridized carbons (Fsp3) is 0.500. The first-order valence-corrected chi connectivity index (χ1v) is 1.41. The van der Waals surface area contributed by atoms with Crippen LogP contribution < -0.4 is 0 Å². The van der Waals surface area contributed by atoms with Gasteiger partial charge in [-0.1, -0.05) is 0 Å². The van der Waals surface area contributed by atoms with E-state index >= 15 is 0 Å². The third-order valence-corrected chi connectivity index (χ3v) is 0. The molecule has 0 nitrogen and oxygen atoms in total. The molecular weight excluding hydrogens is 227 g/mol. The maximum absolute atomic E-state index is 3.25. The quantitative estimate of drug-likeness (QED) is 0.443. The van der Waals surface area contributed by atoms with Crippen LogP contribution >= 0.6 is 0 Å². The van der Waals surface area contributed by atoms with E-state index in [0.29, 0.717) is 0 Å². The van der Waals surface area contributed by atoms with E-state index in [1.54, 1.807) is 13.8 Å². The van der Waals surface area contributed by atoms with E-state index in [9.17, 15) is 0 Å². The van der Waals surface area contributed by atoms with Crippen LogP contribution in [0.1, 0.15) is 13.8 Å². The van der Waals surface area contributed by atoms with Crippen molar-refractivity contribution in [2.75, 3.05) is 0 Å². The number of hydrogen-bond donors (Lipinski definition) is 0. The monoisotopic (exact) mass is 238 g/mol. The van der Waals surface area contributed by atoms with E-state index in [2.05, 4.69) is 13.8 Å². The van der Waals surface area contributed by atoms with Gasteiger partial charge >= 0.3 is 0 Å². The molecular formula is C4H10Hf-2. The molecule has 0 aliphatic carbocycles. The molecule has 0 saturated carbocycles. The molecule has 0 rings (SSSR count). The Bertz CT molecular complexity index is 3.61. The van der Waals surface area contributed by atoms with Gasteiger partial charge < -0.3 is 13.8 Å². The Balaban J connectivity index is -0.0000000133. The van der Waals surface area contributed by atoms with Crippen LogP contribution in [0.2, 0.25) is 0 Å². The van der Waals surface area contributed by atoms with Gasteiger partial charge in [0, 0.05) is 25.8 Å². The van der Waals surface area contributed by atoms with E-state index in [-0.39, 0.29) is 25.8 Å². The van der Waals surface area contributed by atoms with Crippen LogP contribution in [0.5, 0.6) is 0 Å². The van der Waals surface area contributed by atoms with Crippen LogP contribution in [-0.2, 0) is 25.8 Å². The van der Waals surface area contributed by atoms with E-state index in [4.69, 9.17) is 0 Å². The van der Waals surface area contributed by atoms with E-state index in [1.807, 2.05) is 0 Å². The van der Waals surface area contributed by atoms with Gasteiger partial charge in [0.2, 0.25) is 0 Å². The van der Waals surface area contributed by atoms with Gasteiger partial charge in [-0.05, 0) is 0 Å². The zero-order valence-electron chi connectivity index (χ0n) is 3.91. The summed E-state index contributed by atoms with van der Waals surface area (Å²) in [6.07, 6.45) is 0. The molecule has 0 aromatic heterocycles. The second-order valence-corrected chi connectivity index (χ2v) is 0. The van der Waals surface area contributed by atoms with Crippen LogP contribution in [0.3, 0.4) is 0 Å². The molecule has 32 valence electrons. The van der Waals surface area contributed by atoms with Gasteiger partial charge in [-0.3, -0.25) is 0 Å². The fourth-order valence-corrected chi connectivity index (χ4v) is 0. The van der Waals surface area contributed by atoms with Crippen molar-refractivity contribution in [3.63, 3.8) is 0 Å². The van der Waals surface area contributed by atoms with Crippen molar-refractivity contribution in [2.24, 2.45) is 0 Å². The molecule has 0 aliphatic heterocycles. The molecule has 0 radical (unpaired) electrons. The maximum atomic E-state index is 3.25. The molecule has 0 saturated heterocycles. The summed E-state index contributed by atoms with van der Waals surface area (Å²) in [7, 11) is 0. The molecule has 0 aromatic rings. The fourth-order valence-electron chi connectivity index (χ4n) is 0. The first-order valence-electron chi connectivity index (χ1n) is 1.41. The predicted octanol–water partition coefficient (Wildman–Crippen LogP) is 1.68. The molecule has 0 atom stereocenters. The summed E-state index contributed by atoms with van der Waals surface area (Å²) in [5.74, 6) is 0. The van der Waals surface area contributed by atoms with E-state index in [1.165, 1.54) is 0 Å². The van der Waals surface area contributed by atoms with E-state index < -0.39 is 0 Å². The molecule has 0 fully saturated rings. The largest absolute Gasteiger partial charge is 0.346 e. The molecule has 0 amide bonds. The standard InChI is InChI=1S/2C2H5.Hf/c2*1-2;/h2*1H2,2H3;/q2*-1;.